The lowest BCUT2D eigenvalue weighted by Gasteiger charge is -2.11. The Morgan fingerprint density at radius 2 is 1.79 bits per heavy atom. The molecule has 7 nitrogen and oxygen atoms in total. The molecule has 1 amide bonds. The molecule has 0 aromatic heterocycles. The molecule has 158 valence electrons. The first-order valence-electron chi connectivity index (χ1n) is 9.17. The summed E-state index contributed by atoms with van der Waals surface area (Å²) in [6.45, 7) is 2.72. The lowest BCUT2D eigenvalue weighted by Crippen LogP contribution is -2.34. The summed E-state index contributed by atoms with van der Waals surface area (Å²) in [6.07, 6.45) is 0.812. The van der Waals surface area contributed by atoms with Gasteiger partial charge in [-0.25, -0.2) is 13.1 Å². The van der Waals surface area contributed by atoms with Gasteiger partial charge in [0, 0.05) is 24.5 Å². The summed E-state index contributed by atoms with van der Waals surface area (Å²) in [7, 11) is -2.06. The van der Waals surface area contributed by atoms with Gasteiger partial charge in [0.15, 0.2) is 11.5 Å². The van der Waals surface area contributed by atoms with Crippen LogP contribution in [-0.4, -0.2) is 41.1 Å². The van der Waals surface area contributed by atoms with Crippen molar-refractivity contribution in [2.45, 2.75) is 24.7 Å². The summed E-state index contributed by atoms with van der Waals surface area (Å²) in [5.74, 6) is 1.13. The number of amides is 1. The van der Waals surface area contributed by atoms with Gasteiger partial charge in [-0.3, -0.25) is 4.79 Å². The predicted octanol–water partition coefficient (Wildman–Crippen LogP) is 2.77. The van der Waals surface area contributed by atoms with E-state index in [9.17, 15) is 13.2 Å². The van der Waals surface area contributed by atoms with Gasteiger partial charge in [0.2, 0.25) is 15.9 Å². The Hall–Kier alpha value is -2.29. The monoisotopic (exact) mass is 440 g/mol. The van der Waals surface area contributed by atoms with Gasteiger partial charge in [-0.1, -0.05) is 17.7 Å². The molecular formula is C20H25ClN2O5S. The smallest absolute Gasteiger partial charge is 0.240 e. The summed E-state index contributed by atoms with van der Waals surface area (Å²) in [5.41, 5.74) is 0.948. The van der Waals surface area contributed by atoms with Crippen molar-refractivity contribution < 1.29 is 22.7 Å². The molecule has 29 heavy (non-hydrogen) atoms. The molecule has 0 spiro atoms. The molecule has 2 rings (SSSR count). The number of ether oxygens (including phenoxy) is 2. The molecule has 9 heteroatoms. The largest absolute Gasteiger partial charge is 0.493 e. The standard InChI is InChI=1S/C20H25ClN2O5S/c1-3-28-18-10-4-15(14-19(18)27-2)5-11-20(24)22-12-13-23-29(25,26)17-8-6-16(21)7-9-17/h4,6-10,14,23H,3,5,11-13H2,1-2H3,(H,22,24). The first-order valence-corrected chi connectivity index (χ1v) is 11.0. The Labute approximate surface area is 176 Å². The SMILES string of the molecule is CCOc1ccc(CCC(=O)NCCNS(=O)(=O)c2ccc(Cl)cc2)cc1OC. The topological polar surface area (TPSA) is 93.7 Å². The number of benzene rings is 2. The van der Waals surface area contributed by atoms with Crippen LogP contribution >= 0.6 is 11.6 Å². The molecular weight excluding hydrogens is 416 g/mol. The molecule has 0 aliphatic heterocycles. The highest BCUT2D eigenvalue weighted by Crippen LogP contribution is 2.28. The summed E-state index contributed by atoms with van der Waals surface area (Å²) in [5, 5.41) is 3.16. The van der Waals surface area contributed by atoms with Crippen molar-refractivity contribution in [3.8, 4) is 11.5 Å². The average molecular weight is 441 g/mol. The van der Waals surface area contributed by atoms with Gasteiger partial charge in [-0.15, -0.1) is 0 Å². The third kappa shape index (κ3) is 7.23. The van der Waals surface area contributed by atoms with Crippen LogP contribution in [0.4, 0.5) is 0 Å². The van der Waals surface area contributed by atoms with E-state index < -0.39 is 10.0 Å². The molecule has 0 atom stereocenters. The maximum absolute atomic E-state index is 12.1. The molecule has 2 aromatic carbocycles. The second-order valence-corrected chi connectivity index (χ2v) is 8.32. The maximum atomic E-state index is 12.1. The molecule has 0 heterocycles. The van der Waals surface area contributed by atoms with Crippen molar-refractivity contribution in [1.82, 2.24) is 10.0 Å². The molecule has 0 saturated carbocycles. The van der Waals surface area contributed by atoms with Crippen LogP contribution in [0.25, 0.3) is 0 Å². The van der Waals surface area contributed by atoms with E-state index in [1.54, 1.807) is 7.11 Å². The fraction of sp³-hybridized carbons (Fsp3) is 0.350. The van der Waals surface area contributed by atoms with Crippen LogP contribution in [-0.2, 0) is 21.2 Å². The summed E-state index contributed by atoms with van der Waals surface area (Å²) in [4.78, 5) is 12.1. The van der Waals surface area contributed by atoms with Crippen LogP contribution in [0.15, 0.2) is 47.4 Å². The van der Waals surface area contributed by atoms with E-state index in [0.29, 0.717) is 29.5 Å². The average Bonchev–Trinajstić information content (AvgIpc) is 2.71. The zero-order valence-electron chi connectivity index (χ0n) is 16.4. The number of sulfonamides is 1. The van der Waals surface area contributed by atoms with Crippen molar-refractivity contribution >= 4 is 27.5 Å². The molecule has 0 aliphatic rings. The van der Waals surface area contributed by atoms with Crippen molar-refractivity contribution in [3.63, 3.8) is 0 Å². The zero-order chi connectivity index (χ0) is 21.3. The Kier molecular flexibility index (Phi) is 8.75. The van der Waals surface area contributed by atoms with Gasteiger partial charge < -0.3 is 14.8 Å². The predicted molar refractivity (Wildman–Crippen MR) is 112 cm³/mol. The number of carbonyl (C=O) groups is 1. The molecule has 2 N–H and O–H groups in total. The van der Waals surface area contributed by atoms with E-state index >= 15 is 0 Å². The van der Waals surface area contributed by atoms with Crippen LogP contribution < -0.4 is 19.5 Å². The number of methoxy groups -OCH3 is 1. The lowest BCUT2D eigenvalue weighted by atomic mass is 10.1. The number of hydrogen-bond donors (Lipinski definition) is 2. The van der Waals surface area contributed by atoms with Crippen LogP contribution in [0.5, 0.6) is 11.5 Å². The molecule has 0 unspecified atom stereocenters. The first-order chi connectivity index (χ1) is 13.9. The minimum Gasteiger partial charge on any atom is -0.493 e. The van der Waals surface area contributed by atoms with Gasteiger partial charge in [0.1, 0.15) is 0 Å². The van der Waals surface area contributed by atoms with Crippen LogP contribution in [0.1, 0.15) is 18.9 Å². The first kappa shape index (κ1) is 23.0. The Balaban J connectivity index is 1.75. The van der Waals surface area contributed by atoms with Crippen molar-refractivity contribution in [1.29, 1.82) is 0 Å². The van der Waals surface area contributed by atoms with Gasteiger partial charge in [-0.05, 0) is 55.3 Å². The minimum atomic E-state index is -3.63. The summed E-state index contributed by atoms with van der Waals surface area (Å²) < 4.78 is 37.5. The Morgan fingerprint density at radius 1 is 1.07 bits per heavy atom. The Bertz CT molecular complexity index is 917. The fourth-order valence-electron chi connectivity index (χ4n) is 2.57. The maximum Gasteiger partial charge on any atom is 0.240 e. The zero-order valence-corrected chi connectivity index (χ0v) is 18.0. The molecule has 0 bridgehead atoms. The highest BCUT2D eigenvalue weighted by Gasteiger charge is 2.13. The number of nitrogens with one attached hydrogen (secondary N) is 2. The summed E-state index contributed by atoms with van der Waals surface area (Å²) >= 11 is 5.76. The third-order valence-electron chi connectivity index (χ3n) is 4.03. The van der Waals surface area contributed by atoms with Crippen LogP contribution in [0.3, 0.4) is 0 Å². The number of halogens is 1. The van der Waals surface area contributed by atoms with E-state index in [1.165, 1.54) is 24.3 Å². The number of rotatable bonds is 11. The summed E-state index contributed by atoms with van der Waals surface area (Å²) in [6, 6.07) is 11.4. The number of carbonyl (C=O) groups excluding carboxylic acids is 1. The molecule has 2 aromatic rings. The third-order valence-corrected chi connectivity index (χ3v) is 5.76. The molecule has 0 radical (unpaired) electrons. The van der Waals surface area contributed by atoms with E-state index in [0.717, 1.165) is 5.56 Å². The normalized spacial score (nSPS) is 11.1. The van der Waals surface area contributed by atoms with Crippen LogP contribution in [0.2, 0.25) is 5.02 Å². The molecule has 0 fully saturated rings. The van der Waals surface area contributed by atoms with Gasteiger partial charge in [0.05, 0.1) is 18.6 Å². The van der Waals surface area contributed by atoms with Crippen molar-refractivity contribution in [2.24, 2.45) is 0 Å². The van der Waals surface area contributed by atoms with Gasteiger partial charge in [0.25, 0.3) is 0 Å². The van der Waals surface area contributed by atoms with Crippen molar-refractivity contribution in [2.75, 3.05) is 26.8 Å². The van der Waals surface area contributed by atoms with E-state index in [4.69, 9.17) is 21.1 Å². The lowest BCUT2D eigenvalue weighted by molar-refractivity contribution is -0.121. The molecule has 0 aliphatic carbocycles. The highest BCUT2D eigenvalue weighted by molar-refractivity contribution is 7.89. The quantitative estimate of drug-likeness (QED) is 0.524. The van der Waals surface area contributed by atoms with Crippen LogP contribution in [0, 0.1) is 0 Å². The Morgan fingerprint density at radius 3 is 2.45 bits per heavy atom. The number of aryl methyl sites for hydroxylation is 1. The number of hydrogen-bond acceptors (Lipinski definition) is 5. The second kappa shape index (κ2) is 11.0. The van der Waals surface area contributed by atoms with Gasteiger partial charge in [-0.2, -0.15) is 0 Å². The highest BCUT2D eigenvalue weighted by atomic mass is 35.5. The van der Waals surface area contributed by atoms with E-state index in [-0.39, 0.29) is 30.3 Å². The van der Waals surface area contributed by atoms with E-state index in [1.807, 2.05) is 25.1 Å². The molecule has 0 saturated heterocycles. The second-order valence-electron chi connectivity index (χ2n) is 6.12. The van der Waals surface area contributed by atoms with Crippen molar-refractivity contribution in [3.05, 3.63) is 53.1 Å². The minimum absolute atomic E-state index is 0.0908. The van der Waals surface area contributed by atoms with E-state index in [2.05, 4.69) is 10.0 Å². The van der Waals surface area contributed by atoms with Gasteiger partial charge >= 0.3 is 0 Å². The fourth-order valence-corrected chi connectivity index (χ4v) is 3.73.